The number of amides is 1. The molecular formula is C12H14BrFN4O. The van der Waals surface area contributed by atoms with Gasteiger partial charge in [0, 0.05) is 20.2 Å². The van der Waals surface area contributed by atoms with E-state index in [9.17, 15) is 9.18 Å². The lowest BCUT2D eigenvalue weighted by Gasteiger charge is -2.19. The van der Waals surface area contributed by atoms with Gasteiger partial charge in [-0.3, -0.25) is 9.36 Å². The molecule has 7 heteroatoms. The maximum atomic E-state index is 13.6. The topological polar surface area (TPSA) is 64.2 Å². The molecule has 0 spiro atoms. The molecule has 1 aromatic heterocycles. The van der Waals surface area contributed by atoms with E-state index in [0.717, 1.165) is 0 Å². The van der Waals surface area contributed by atoms with Crippen molar-refractivity contribution in [1.82, 2.24) is 14.5 Å². The highest BCUT2D eigenvalue weighted by Crippen LogP contribution is 2.28. The molecule has 1 aromatic carbocycles. The average Bonchev–Trinajstić information content (AvgIpc) is 2.63. The molecule has 2 rings (SSSR count). The summed E-state index contributed by atoms with van der Waals surface area (Å²) in [7, 11) is 3.32. The lowest BCUT2D eigenvalue weighted by molar-refractivity contribution is -0.131. The van der Waals surface area contributed by atoms with Crippen molar-refractivity contribution in [2.45, 2.75) is 13.0 Å². The number of halogens is 2. The molecule has 1 heterocycles. The van der Waals surface area contributed by atoms with Gasteiger partial charge in [-0.1, -0.05) is 0 Å². The van der Waals surface area contributed by atoms with Gasteiger partial charge in [-0.15, -0.1) is 0 Å². The van der Waals surface area contributed by atoms with Gasteiger partial charge in [0.05, 0.1) is 15.5 Å². The molecule has 2 aromatic rings. The molecule has 19 heavy (non-hydrogen) atoms. The third-order valence-electron chi connectivity index (χ3n) is 2.94. The highest BCUT2D eigenvalue weighted by molar-refractivity contribution is 9.10. The number of imidazole rings is 1. The number of nitrogens with two attached hydrogens (primary N) is 1. The molecule has 0 aliphatic carbocycles. The number of hydrogen-bond donors (Lipinski definition) is 1. The second-order valence-electron chi connectivity index (χ2n) is 4.50. The predicted octanol–water partition coefficient (Wildman–Crippen LogP) is 2.17. The van der Waals surface area contributed by atoms with E-state index in [2.05, 4.69) is 20.9 Å². The van der Waals surface area contributed by atoms with Gasteiger partial charge in [-0.25, -0.2) is 9.37 Å². The molecule has 0 radical (unpaired) electrons. The van der Waals surface area contributed by atoms with Crippen LogP contribution >= 0.6 is 15.9 Å². The van der Waals surface area contributed by atoms with Crippen LogP contribution in [-0.2, 0) is 4.79 Å². The number of rotatable bonds is 2. The lowest BCUT2D eigenvalue weighted by atomic mass is 10.2. The van der Waals surface area contributed by atoms with Crippen LogP contribution in [0.2, 0.25) is 0 Å². The minimum Gasteiger partial charge on any atom is -0.369 e. The zero-order valence-corrected chi connectivity index (χ0v) is 12.4. The number of hydrogen-bond acceptors (Lipinski definition) is 3. The standard InChI is InChI=1S/C12H14BrFN4O/c1-6(11(19)17(2)3)18-10-5-8(14)7(13)4-9(10)16-12(18)15/h4-6H,1-3H3,(H2,15,16). The molecule has 0 bridgehead atoms. The van der Waals surface area contributed by atoms with E-state index in [0.29, 0.717) is 15.5 Å². The molecule has 0 aliphatic rings. The number of likely N-dealkylation sites (N-methyl/N-ethyl adjacent to an activating group) is 1. The van der Waals surface area contributed by atoms with Gasteiger partial charge in [0.2, 0.25) is 11.9 Å². The van der Waals surface area contributed by atoms with Gasteiger partial charge < -0.3 is 10.6 Å². The Hall–Kier alpha value is -1.63. The first-order valence-corrected chi connectivity index (χ1v) is 6.46. The van der Waals surface area contributed by atoms with Crippen LogP contribution in [0.4, 0.5) is 10.3 Å². The fourth-order valence-corrected chi connectivity index (χ4v) is 2.33. The van der Waals surface area contributed by atoms with Crippen molar-refractivity contribution < 1.29 is 9.18 Å². The van der Waals surface area contributed by atoms with E-state index < -0.39 is 11.9 Å². The molecule has 1 atom stereocenters. The number of fused-ring (bicyclic) bond motifs is 1. The average molecular weight is 329 g/mol. The van der Waals surface area contributed by atoms with Gasteiger partial charge >= 0.3 is 0 Å². The number of nitrogens with zero attached hydrogens (tertiary/aromatic N) is 3. The number of benzene rings is 1. The monoisotopic (exact) mass is 328 g/mol. The number of nitrogen functional groups attached to an aromatic ring is 1. The highest BCUT2D eigenvalue weighted by Gasteiger charge is 2.22. The summed E-state index contributed by atoms with van der Waals surface area (Å²) in [4.78, 5) is 17.6. The summed E-state index contributed by atoms with van der Waals surface area (Å²) in [5.41, 5.74) is 6.88. The smallest absolute Gasteiger partial charge is 0.244 e. The van der Waals surface area contributed by atoms with Crippen molar-refractivity contribution >= 4 is 38.8 Å². The molecule has 0 saturated carbocycles. The van der Waals surface area contributed by atoms with E-state index in [1.54, 1.807) is 27.1 Å². The lowest BCUT2D eigenvalue weighted by Crippen LogP contribution is -2.30. The molecule has 0 saturated heterocycles. The summed E-state index contributed by atoms with van der Waals surface area (Å²) >= 11 is 3.10. The zero-order valence-electron chi connectivity index (χ0n) is 10.8. The van der Waals surface area contributed by atoms with E-state index >= 15 is 0 Å². The summed E-state index contributed by atoms with van der Waals surface area (Å²) in [6, 6.07) is 2.33. The number of anilines is 1. The molecule has 0 fully saturated rings. The van der Waals surface area contributed by atoms with Crippen molar-refractivity contribution in [2.24, 2.45) is 0 Å². The normalized spacial score (nSPS) is 12.7. The summed E-state index contributed by atoms with van der Waals surface area (Å²) in [6.07, 6.45) is 0. The SMILES string of the molecule is CC(C(=O)N(C)C)n1c(N)nc2cc(Br)c(F)cc21. The Kier molecular flexibility index (Phi) is 3.49. The molecule has 0 aliphatic heterocycles. The van der Waals surface area contributed by atoms with Gasteiger partial charge in [0.25, 0.3) is 0 Å². The molecule has 5 nitrogen and oxygen atoms in total. The van der Waals surface area contributed by atoms with Crippen LogP contribution in [0.15, 0.2) is 16.6 Å². The Labute approximate surface area is 118 Å². The van der Waals surface area contributed by atoms with Crippen LogP contribution in [0.3, 0.4) is 0 Å². The van der Waals surface area contributed by atoms with Crippen molar-refractivity contribution in [1.29, 1.82) is 0 Å². The highest BCUT2D eigenvalue weighted by atomic mass is 79.9. The first kappa shape index (κ1) is 13.8. The Morgan fingerprint density at radius 3 is 2.74 bits per heavy atom. The summed E-state index contributed by atoms with van der Waals surface area (Å²) in [6.45, 7) is 1.71. The van der Waals surface area contributed by atoms with E-state index in [1.165, 1.54) is 15.5 Å². The minimum absolute atomic E-state index is 0.130. The van der Waals surface area contributed by atoms with Crippen molar-refractivity contribution in [2.75, 3.05) is 19.8 Å². The third kappa shape index (κ3) is 2.30. The Balaban J connectivity index is 2.63. The maximum Gasteiger partial charge on any atom is 0.244 e. The molecule has 1 unspecified atom stereocenters. The summed E-state index contributed by atoms with van der Waals surface area (Å²) < 4.78 is 15.5. The number of aromatic nitrogens is 2. The fraction of sp³-hybridized carbons (Fsp3) is 0.333. The summed E-state index contributed by atoms with van der Waals surface area (Å²) in [5, 5.41) is 0. The zero-order chi connectivity index (χ0) is 14.3. The Bertz CT molecular complexity index is 653. The van der Waals surface area contributed by atoms with Gasteiger partial charge in [-0.05, 0) is 28.9 Å². The summed E-state index contributed by atoms with van der Waals surface area (Å²) in [5.74, 6) is -0.359. The second-order valence-corrected chi connectivity index (χ2v) is 5.36. The predicted molar refractivity (Wildman–Crippen MR) is 75.2 cm³/mol. The first-order chi connectivity index (χ1) is 8.82. The van der Waals surface area contributed by atoms with Crippen LogP contribution < -0.4 is 5.73 Å². The van der Waals surface area contributed by atoms with E-state index in [4.69, 9.17) is 5.73 Å². The second kappa shape index (κ2) is 4.80. The van der Waals surface area contributed by atoms with Gasteiger partial charge in [-0.2, -0.15) is 0 Å². The van der Waals surface area contributed by atoms with Crippen LogP contribution in [0.1, 0.15) is 13.0 Å². The maximum absolute atomic E-state index is 13.6. The van der Waals surface area contributed by atoms with Crippen LogP contribution in [-0.4, -0.2) is 34.5 Å². The van der Waals surface area contributed by atoms with Crippen molar-refractivity contribution in [3.05, 3.63) is 22.4 Å². The largest absolute Gasteiger partial charge is 0.369 e. The van der Waals surface area contributed by atoms with Crippen LogP contribution in [0.25, 0.3) is 11.0 Å². The van der Waals surface area contributed by atoms with Crippen LogP contribution in [0.5, 0.6) is 0 Å². The van der Waals surface area contributed by atoms with Gasteiger partial charge in [0.15, 0.2) is 0 Å². The molecular weight excluding hydrogens is 315 g/mol. The van der Waals surface area contributed by atoms with Gasteiger partial charge in [0.1, 0.15) is 11.9 Å². The molecule has 2 N–H and O–H groups in total. The van der Waals surface area contributed by atoms with Crippen molar-refractivity contribution in [3.63, 3.8) is 0 Å². The van der Waals surface area contributed by atoms with E-state index in [-0.39, 0.29) is 11.9 Å². The minimum atomic E-state index is -0.541. The van der Waals surface area contributed by atoms with Crippen LogP contribution in [0, 0.1) is 5.82 Å². The number of carbonyl (C=O) groups is 1. The fourth-order valence-electron chi connectivity index (χ4n) is 2.00. The Morgan fingerprint density at radius 2 is 2.16 bits per heavy atom. The third-order valence-corrected chi connectivity index (χ3v) is 3.55. The van der Waals surface area contributed by atoms with E-state index in [1.807, 2.05) is 0 Å². The molecule has 1 amide bonds. The quantitative estimate of drug-likeness (QED) is 0.918. The molecule has 102 valence electrons. The van der Waals surface area contributed by atoms with Crippen molar-refractivity contribution in [3.8, 4) is 0 Å². The number of carbonyl (C=O) groups excluding carboxylic acids is 1. The Morgan fingerprint density at radius 1 is 1.53 bits per heavy atom. The first-order valence-electron chi connectivity index (χ1n) is 5.66.